The highest BCUT2D eigenvalue weighted by molar-refractivity contribution is 6.31. The van der Waals surface area contributed by atoms with Crippen LogP contribution >= 0.6 is 11.6 Å². The normalized spacial score (nSPS) is 14.7. The number of hydrogen-bond acceptors (Lipinski definition) is 4. The van der Waals surface area contributed by atoms with E-state index in [1.807, 2.05) is 6.92 Å². The van der Waals surface area contributed by atoms with Gasteiger partial charge in [-0.05, 0) is 57.5 Å². The van der Waals surface area contributed by atoms with E-state index in [1.165, 1.54) is 4.90 Å². The molecule has 0 spiro atoms. The van der Waals surface area contributed by atoms with Gasteiger partial charge in [0.15, 0.2) is 0 Å². The second-order valence-corrected chi connectivity index (χ2v) is 8.07. The molecule has 1 atom stereocenters. The molecule has 0 aliphatic carbocycles. The van der Waals surface area contributed by atoms with Crippen LogP contribution in [-0.2, 0) is 9.53 Å². The molecule has 152 valence electrons. The van der Waals surface area contributed by atoms with Gasteiger partial charge in [-0.25, -0.2) is 0 Å². The van der Waals surface area contributed by atoms with Gasteiger partial charge in [-0.2, -0.15) is 0 Å². The van der Waals surface area contributed by atoms with Crippen molar-refractivity contribution in [2.45, 2.75) is 39.3 Å². The number of ether oxygens (including phenoxy) is 1. The van der Waals surface area contributed by atoms with E-state index < -0.39 is 11.6 Å². The quantitative estimate of drug-likeness (QED) is 0.723. The molecule has 7 heteroatoms. The molecule has 0 aromatic heterocycles. The molecule has 2 aromatic carbocycles. The summed E-state index contributed by atoms with van der Waals surface area (Å²) < 4.78 is 5.73. The zero-order valence-electron chi connectivity index (χ0n) is 16.8. The topological polar surface area (TPSA) is 75.7 Å². The minimum atomic E-state index is -0.923. The van der Waals surface area contributed by atoms with Crippen molar-refractivity contribution in [2.75, 3.05) is 11.9 Å². The van der Waals surface area contributed by atoms with Crippen LogP contribution in [0.15, 0.2) is 42.5 Å². The van der Waals surface area contributed by atoms with E-state index in [0.29, 0.717) is 21.8 Å². The van der Waals surface area contributed by atoms with Crippen LogP contribution < -0.4 is 5.32 Å². The molecule has 0 saturated carbocycles. The first-order chi connectivity index (χ1) is 13.6. The minimum Gasteiger partial charge on any atom is -0.366 e. The number of imide groups is 1. The van der Waals surface area contributed by atoms with E-state index in [4.69, 9.17) is 16.3 Å². The Kier molecular flexibility index (Phi) is 5.78. The first kappa shape index (κ1) is 21.0. The Morgan fingerprint density at radius 1 is 1.10 bits per heavy atom. The monoisotopic (exact) mass is 414 g/mol. The lowest BCUT2D eigenvalue weighted by atomic mass is 10.0. The van der Waals surface area contributed by atoms with Gasteiger partial charge in [-0.3, -0.25) is 19.3 Å². The Balaban J connectivity index is 1.65. The number of anilines is 1. The third-order valence-electron chi connectivity index (χ3n) is 4.98. The van der Waals surface area contributed by atoms with Crippen LogP contribution in [-0.4, -0.2) is 40.9 Å². The molecular formula is C22H23ClN2O4. The average molecular weight is 415 g/mol. The Morgan fingerprint density at radius 2 is 1.69 bits per heavy atom. The smallest absolute Gasteiger partial charge is 0.262 e. The Labute approximate surface area is 174 Å². The van der Waals surface area contributed by atoms with E-state index in [1.54, 1.807) is 63.2 Å². The number of fused-ring (bicyclic) bond motifs is 1. The molecule has 0 saturated heterocycles. The van der Waals surface area contributed by atoms with Gasteiger partial charge < -0.3 is 10.1 Å². The fraction of sp³-hybridized carbons (Fsp3) is 0.318. The summed E-state index contributed by atoms with van der Waals surface area (Å²) in [4.78, 5) is 39.1. The zero-order chi connectivity index (χ0) is 21.3. The van der Waals surface area contributed by atoms with Crippen molar-refractivity contribution in [3.8, 4) is 0 Å². The third-order valence-corrected chi connectivity index (χ3v) is 5.39. The average Bonchev–Trinajstić information content (AvgIpc) is 2.95. The lowest BCUT2D eigenvalue weighted by molar-refractivity contribution is -0.128. The summed E-state index contributed by atoms with van der Waals surface area (Å²) in [6.45, 7) is 6.92. The van der Waals surface area contributed by atoms with Crippen LogP contribution in [0.5, 0.6) is 0 Å². The number of carbonyl (C=O) groups excluding carboxylic acids is 3. The molecule has 0 radical (unpaired) electrons. The predicted molar refractivity (Wildman–Crippen MR) is 111 cm³/mol. The van der Waals surface area contributed by atoms with E-state index in [9.17, 15) is 14.4 Å². The summed E-state index contributed by atoms with van der Waals surface area (Å²) in [5.41, 5.74) is 1.22. The first-order valence-electron chi connectivity index (χ1n) is 9.29. The number of nitrogens with one attached hydrogen (secondary N) is 1. The summed E-state index contributed by atoms with van der Waals surface area (Å²) in [7, 11) is 0. The molecule has 1 unspecified atom stereocenters. The molecule has 1 aliphatic heterocycles. The Bertz CT molecular complexity index is 952. The van der Waals surface area contributed by atoms with Gasteiger partial charge in [-0.1, -0.05) is 29.8 Å². The van der Waals surface area contributed by atoms with E-state index in [2.05, 4.69) is 5.32 Å². The molecule has 1 heterocycles. The standard InChI is InChI=1S/C22H23ClN2O4/c1-13-17(23)10-7-11-18(13)24-19(26)14(2)29-12-22(3,4)25-20(27)15-8-5-6-9-16(15)21(25)28/h5-11,14H,12H2,1-4H3,(H,24,26). The zero-order valence-corrected chi connectivity index (χ0v) is 17.5. The molecular weight excluding hydrogens is 392 g/mol. The van der Waals surface area contributed by atoms with Crippen molar-refractivity contribution in [3.05, 3.63) is 64.2 Å². The summed E-state index contributed by atoms with van der Waals surface area (Å²) in [5.74, 6) is -1.05. The van der Waals surface area contributed by atoms with Crippen LogP contribution in [0, 0.1) is 6.92 Å². The van der Waals surface area contributed by atoms with Gasteiger partial charge in [0, 0.05) is 10.7 Å². The van der Waals surface area contributed by atoms with E-state index in [-0.39, 0.29) is 24.3 Å². The second-order valence-electron chi connectivity index (χ2n) is 7.66. The van der Waals surface area contributed by atoms with Crippen LogP contribution in [0.3, 0.4) is 0 Å². The van der Waals surface area contributed by atoms with E-state index in [0.717, 1.165) is 5.56 Å². The number of hydrogen-bond donors (Lipinski definition) is 1. The number of nitrogens with zero attached hydrogens (tertiary/aromatic N) is 1. The Morgan fingerprint density at radius 3 is 2.28 bits per heavy atom. The molecule has 3 amide bonds. The second kappa shape index (κ2) is 7.97. The minimum absolute atomic E-state index is 0.0155. The maximum Gasteiger partial charge on any atom is 0.262 e. The van der Waals surface area contributed by atoms with Crippen LogP contribution in [0.1, 0.15) is 47.1 Å². The number of carbonyl (C=O) groups is 3. The van der Waals surface area contributed by atoms with Crippen LogP contribution in [0.2, 0.25) is 5.02 Å². The third kappa shape index (κ3) is 4.04. The molecule has 1 N–H and O–H groups in total. The van der Waals surface area contributed by atoms with Gasteiger partial charge in [0.05, 0.1) is 23.3 Å². The lowest BCUT2D eigenvalue weighted by Crippen LogP contribution is -2.51. The van der Waals surface area contributed by atoms with Gasteiger partial charge in [0.25, 0.3) is 17.7 Å². The molecule has 0 bridgehead atoms. The predicted octanol–water partition coefficient (Wildman–Crippen LogP) is 4.07. The summed E-state index contributed by atoms with van der Waals surface area (Å²) in [6.07, 6.45) is -0.789. The van der Waals surface area contributed by atoms with Crippen LogP contribution in [0.4, 0.5) is 5.69 Å². The van der Waals surface area contributed by atoms with Gasteiger partial charge in [0.2, 0.25) is 0 Å². The number of rotatable bonds is 6. The lowest BCUT2D eigenvalue weighted by Gasteiger charge is -2.34. The van der Waals surface area contributed by atoms with Crippen molar-refractivity contribution >= 4 is 35.0 Å². The van der Waals surface area contributed by atoms with Crippen molar-refractivity contribution in [3.63, 3.8) is 0 Å². The highest BCUT2D eigenvalue weighted by atomic mass is 35.5. The Hall–Kier alpha value is -2.70. The van der Waals surface area contributed by atoms with Crippen LogP contribution in [0.25, 0.3) is 0 Å². The summed E-state index contributed by atoms with van der Waals surface area (Å²) in [6, 6.07) is 12.0. The van der Waals surface area contributed by atoms with Gasteiger partial charge in [-0.15, -0.1) is 0 Å². The largest absolute Gasteiger partial charge is 0.366 e. The van der Waals surface area contributed by atoms with Crippen molar-refractivity contribution in [1.82, 2.24) is 4.90 Å². The number of amides is 3. The molecule has 3 rings (SSSR count). The highest BCUT2D eigenvalue weighted by Gasteiger charge is 2.44. The summed E-state index contributed by atoms with van der Waals surface area (Å²) in [5, 5.41) is 3.35. The van der Waals surface area contributed by atoms with Gasteiger partial charge >= 0.3 is 0 Å². The fourth-order valence-corrected chi connectivity index (χ4v) is 3.36. The van der Waals surface area contributed by atoms with E-state index >= 15 is 0 Å². The maximum atomic E-state index is 12.7. The number of benzene rings is 2. The molecule has 29 heavy (non-hydrogen) atoms. The molecule has 0 fully saturated rings. The summed E-state index contributed by atoms with van der Waals surface area (Å²) >= 11 is 6.08. The van der Waals surface area contributed by atoms with Gasteiger partial charge in [0.1, 0.15) is 6.10 Å². The number of halogens is 1. The molecule has 2 aromatic rings. The maximum absolute atomic E-state index is 12.7. The van der Waals surface area contributed by atoms with Crippen molar-refractivity contribution < 1.29 is 19.1 Å². The SMILES string of the molecule is Cc1c(Cl)cccc1NC(=O)C(C)OCC(C)(C)N1C(=O)c2ccccc2C1=O. The fourth-order valence-electron chi connectivity index (χ4n) is 3.19. The first-order valence-corrected chi connectivity index (χ1v) is 9.67. The molecule has 1 aliphatic rings. The highest BCUT2D eigenvalue weighted by Crippen LogP contribution is 2.30. The van der Waals surface area contributed by atoms with Crippen molar-refractivity contribution in [2.24, 2.45) is 0 Å². The molecule has 6 nitrogen and oxygen atoms in total. The van der Waals surface area contributed by atoms with Crippen molar-refractivity contribution in [1.29, 1.82) is 0 Å².